The number of alkyl halides is 2. The third kappa shape index (κ3) is 3.45. The van der Waals surface area contributed by atoms with Gasteiger partial charge in [0.05, 0.1) is 10.7 Å². The molecule has 0 rings (SSSR count). The van der Waals surface area contributed by atoms with Gasteiger partial charge in [-0.1, -0.05) is 31.9 Å². The molecule has 0 saturated carbocycles. The van der Waals surface area contributed by atoms with Gasteiger partial charge in [-0.15, -0.1) is 10.0 Å². The van der Waals surface area contributed by atoms with E-state index in [1.807, 2.05) is 0 Å². The Bertz CT molecular complexity index is 301. The Morgan fingerprint density at radius 2 is 1.06 bits per heavy atom. The molecule has 16 heavy (non-hydrogen) atoms. The summed E-state index contributed by atoms with van der Waals surface area (Å²) in [5, 5.41) is 16.1. The van der Waals surface area contributed by atoms with E-state index in [2.05, 4.69) is 31.9 Å². The van der Waals surface area contributed by atoms with E-state index in [-0.39, 0.29) is 10.0 Å². The second kappa shape index (κ2) is 6.43. The maximum atomic E-state index is 11.1. The molecule has 8 nitrogen and oxygen atoms in total. The molecule has 0 bridgehead atoms. The molecule has 0 atom stereocenters. The van der Waals surface area contributed by atoms with Gasteiger partial charge in [0.25, 0.3) is 11.8 Å². The summed E-state index contributed by atoms with van der Waals surface area (Å²) in [6.45, 7) is 0. The highest BCUT2D eigenvalue weighted by Crippen LogP contribution is 2.05. The number of hydrazine groups is 1. The molecule has 0 heterocycles. The van der Waals surface area contributed by atoms with Crippen LogP contribution < -0.4 is 0 Å². The van der Waals surface area contributed by atoms with Crippen molar-refractivity contribution in [2.45, 2.75) is 0 Å². The van der Waals surface area contributed by atoms with Gasteiger partial charge in [-0.05, 0) is 0 Å². The predicted molar refractivity (Wildman–Crippen MR) is 57.3 cm³/mol. The molecule has 0 aromatic carbocycles. The molecule has 0 aliphatic rings. The van der Waals surface area contributed by atoms with E-state index >= 15 is 0 Å². The number of hydrogen-bond donors (Lipinski definition) is 2. The van der Waals surface area contributed by atoms with Crippen molar-refractivity contribution in [2.24, 2.45) is 0 Å². The molecule has 0 unspecified atom stereocenters. The minimum absolute atomic E-state index is 0.180. The lowest BCUT2D eigenvalue weighted by molar-refractivity contribution is -0.151. The van der Waals surface area contributed by atoms with E-state index in [0.717, 1.165) is 0 Å². The highest BCUT2D eigenvalue weighted by atomic mass is 79.9. The van der Waals surface area contributed by atoms with Crippen molar-refractivity contribution in [3.8, 4) is 0 Å². The molecule has 0 aromatic rings. The van der Waals surface area contributed by atoms with Gasteiger partial charge in [0, 0.05) is 0 Å². The number of nitrogens with zero attached hydrogens (tertiary/aromatic N) is 2. The van der Waals surface area contributed by atoms with Crippen LogP contribution in [-0.4, -0.2) is 54.9 Å². The maximum Gasteiger partial charge on any atom is 0.434 e. The average Bonchev–Trinajstić information content (AvgIpc) is 2.22. The van der Waals surface area contributed by atoms with Crippen LogP contribution >= 0.6 is 31.9 Å². The Kier molecular flexibility index (Phi) is 5.96. The first-order valence-electron chi connectivity index (χ1n) is 3.60. The standard InChI is InChI=1S/C6H6Br2N2O6/c7-1-3(11)9(5(13)14)10(6(15)16)4(12)2-8/h1-2H2,(H,13,14)(H,15,16). The zero-order valence-electron chi connectivity index (χ0n) is 7.59. The van der Waals surface area contributed by atoms with Gasteiger partial charge in [0.1, 0.15) is 0 Å². The average molecular weight is 362 g/mol. The van der Waals surface area contributed by atoms with Gasteiger partial charge >= 0.3 is 12.2 Å². The second-order valence-corrected chi connectivity index (χ2v) is 3.36. The Hall–Kier alpha value is -1.16. The maximum absolute atomic E-state index is 11.1. The van der Waals surface area contributed by atoms with E-state index in [1.165, 1.54) is 0 Å². The van der Waals surface area contributed by atoms with Gasteiger partial charge in [0.2, 0.25) is 0 Å². The number of rotatable bonds is 2. The highest BCUT2D eigenvalue weighted by molar-refractivity contribution is 9.09. The van der Waals surface area contributed by atoms with Crippen molar-refractivity contribution in [1.29, 1.82) is 0 Å². The van der Waals surface area contributed by atoms with Gasteiger partial charge in [-0.2, -0.15) is 0 Å². The first-order chi connectivity index (χ1) is 7.36. The van der Waals surface area contributed by atoms with Crippen LogP contribution in [0.5, 0.6) is 0 Å². The van der Waals surface area contributed by atoms with Crippen molar-refractivity contribution >= 4 is 55.9 Å². The normalized spacial score (nSPS) is 9.38. The molecule has 90 valence electrons. The number of halogens is 2. The Morgan fingerprint density at radius 3 is 1.19 bits per heavy atom. The van der Waals surface area contributed by atoms with E-state index in [1.54, 1.807) is 0 Å². The van der Waals surface area contributed by atoms with Crippen LogP contribution in [0, 0.1) is 0 Å². The minimum atomic E-state index is -1.86. The summed E-state index contributed by atoms with van der Waals surface area (Å²) in [4.78, 5) is 43.6. The lowest BCUT2D eigenvalue weighted by Crippen LogP contribution is -2.55. The summed E-state index contributed by atoms with van der Waals surface area (Å²) in [5.41, 5.74) is 0. The van der Waals surface area contributed by atoms with E-state index in [0.29, 0.717) is 0 Å². The van der Waals surface area contributed by atoms with Crippen molar-refractivity contribution in [2.75, 3.05) is 10.7 Å². The summed E-state index contributed by atoms with van der Waals surface area (Å²) < 4.78 is 0. The van der Waals surface area contributed by atoms with E-state index in [9.17, 15) is 19.2 Å². The summed E-state index contributed by atoms with van der Waals surface area (Å²) in [6, 6.07) is 0. The Labute approximate surface area is 106 Å². The lowest BCUT2D eigenvalue weighted by Gasteiger charge is -2.25. The number of imide groups is 2. The van der Waals surface area contributed by atoms with Crippen LogP contribution in [0.4, 0.5) is 9.59 Å². The van der Waals surface area contributed by atoms with E-state index in [4.69, 9.17) is 10.2 Å². The SMILES string of the molecule is O=C(O)N(C(=O)CBr)N(C(=O)O)C(=O)CBr. The summed E-state index contributed by atoms with van der Waals surface area (Å²) in [5.74, 6) is -2.19. The van der Waals surface area contributed by atoms with Crippen molar-refractivity contribution in [3.63, 3.8) is 0 Å². The molecule has 10 heteroatoms. The third-order valence-electron chi connectivity index (χ3n) is 1.26. The van der Waals surface area contributed by atoms with Crippen molar-refractivity contribution < 1.29 is 29.4 Å². The largest absolute Gasteiger partial charge is 0.463 e. The molecule has 0 radical (unpaired) electrons. The molecule has 0 fully saturated rings. The molecule has 2 N–H and O–H groups in total. The van der Waals surface area contributed by atoms with Crippen molar-refractivity contribution in [1.82, 2.24) is 10.0 Å². The quantitative estimate of drug-likeness (QED) is 0.552. The topological polar surface area (TPSA) is 115 Å². The predicted octanol–water partition coefficient (Wildman–Crippen LogP) is 0.704. The van der Waals surface area contributed by atoms with Crippen LogP contribution in [0.25, 0.3) is 0 Å². The first-order valence-corrected chi connectivity index (χ1v) is 5.84. The van der Waals surface area contributed by atoms with Crippen molar-refractivity contribution in [3.05, 3.63) is 0 Å². The molecule has 0 aromatic heterocycles. The number of carbonyl (C=O) groups excluding carboxylic acids is 2. The molecular formula is C6H6Br2N2O6. The zero-order chi connectivity index (χ0) is 12.9. The van der Waals surface area contributed by atoms with Crippen LogP contribution in [0.2, 0.25) is 0 Å². The van der Waals surface area contributed by atoms with Gasteiger partial charge in [-0.25, -0.2) is 9.59 Å². The smallest absolute Gasteiger partial charge is 0.434 e. The highest BCUT2D eigenvalue weighted by Gasteiger charge is 2.35. The molecule has 0 aliphatic carbocycles. The first kappa shape index (κ1) is 14.8. The molecule has 0 saturated heterocycles. The fourth-order valence-corrected chi connectivity index (χ4v) is 1.20. The summed E-state index contributed by atoms with van der Waals surface area (Å²) in [7, 11) is 0. The van der Waals surface area contributed by atoms with Gasteiger partial charge in [-0.3, -0.25) is 9.59 Å². The molecule has 4 amide bonds. The monoisotopic (exact) mass is 360 g/mol. The van der Waals surface area contributed by atoms with Gasteiger partial charge < -0.3 is 10.2 Å². The number of carboxylic acid groups (broad SMARTS) is 2. The third-order valence-corrected chi connectivity index (χ3v) is 2.22. The summed E-state index contributed by atoms with van der Waals surface area (Å²) >= 11 is 5.35. The van der Waals surface area contributed by atoms with Gasteiger partial charge in [0.15, 0.2) is 0 Å². The van der Waals surface area contributed by atoms with Crippen LogP contribution in [0.15, 0.2) is 0 Å². The van der Waals surface area contributed by atoms with E-state index < -0.39 is 34.7 Å². The van der Waals surface area contributed by atoms with Crippen LogP contribution in [0.1, 0.15) is 0 Å². The fourth-order valence-electron chi connectivity index (χ4n) is 0.721. The number of amides is 4. The fraction of sp³-hybridized carbons (Fsp3) is 0.333. The molecular weight excluding hydrogens is 356 g/mol. The Balaban J connectivity index is 5.27. The minimum Gasteiger partial charge on any atom is -0.463 e. The van der Waals surface area contributed by atoms with Crippen LogP contribution in [0.3, 0.4) is 0 Å². The number of carbonyl (C=O) groups is 4. The molecule has 0 spiro atoms. The second-order valence-electron chi connectivity index (χ2n) is 2.24. The van der Waals surface area contributed by atoms with Crippen LogP contribution in [-0.2, 0) is 9.59 Å². The lowest BCUT2D eigenvalue weighted by atomic mass is 10.6. The summed E-state index contributed by atoms with van der Waals surface area (Å²) in [6.07, 6.45) is -3.72. The zero-order valence-corrected chi connectivity index (χ0v) is 10.8. The Morgan fingerprint density at radius 1 is 0.812 bits per heavy atom. The number of hydrogen-bond acceptors (Lipinski definition) is 4. The molecule has 0 aliphatic heterocycles.